The van der Waals surface area contributed by atoms with Crippen molar-refractivity contribution in [3.63, 3.8) is 0 Å². The van der Waals surface area contributed by atoms with E-state index in [1.807, 2.05) is 13.8 Å². The molecular formula is C18H40O2Si. The summed E-state index contributed by atoms with van der Waals surface area (Å²) in [5, 5.41) is 10.2. The fraction of sp³-hybridized carbons (Fsp3) is 1.00. The van der Waals surface area contributed by atoms with E-state index in [1.54, 1.807) is 0 Å². The Bertz CT molecular complexity index is 297. The van der Waals surface area contributed by atoms with Crippen LogP contribution >= 0.6 is 0 Å². The highest BCUT2D eigenvalue weighted by atomic mass is 28.4. The Morgan fingerprint density at radius 2 is 1.48 bits per heavy atom. The molecule has 1 N–H and O–H groups in total. The molecular weight excluding hydrogens is 276 g/mol. The number of aliphatic hydroxyl groups is 1. The van der Waals surface area contributed by atoms with Crippen LogP contribution in [0, 0.1) is 11.8 Å². The second kappa shape index (κ2) is 7.61. The van der Waals surface area contributed by atoms with Crippen LogP contribution in [-0.4, -0.2) is 25.1 Å². The summed E-state index contributed by atoms with van der Waals surface area (Å²) >= 11 is 0. The zero-order chi connectivity index (χ0) is 17.1. The first kappa shape index (κ1) is 21.1. The topological polar surface area (TPSA) is 29.5 Å². The molecule has 0 saturated carbocycles. The average molecular weight is 317 g/mol. The molecule has 0 aliphatic carbocycles. The SMILES string of the molecule is CC(C)C[C@H](O[Si](C)(C)C(C)(C)C)[C@@H](C)CCC(C)(C)O. The maximum absolute atomic E-state index is 9.96. The lowest BCUT2D eigenvalue weighted by Gasteiger charge is -2.41. The Hall–Kier alpha value is 0.137. The van der Waals surface area contributed by atoms with Gasteiger partial charge in [0.25, 0.3) is 0 Å². The molecule has 0 aromatic heterocycles. The van der Waals surface area contributed by atoms with Gasteiger partial charge in [-0.15, -0.1) is 0 Å². The minimum Gasteiger partial charge on any atom is -0.414 e. The minimum atomic E-state index is -1.74. The molecule has 0 unspecified atom stereocenters. The highest BCUT2D eigenvalue weighted by molar-refractivity contribution is 6.74. The standard InChI is InChI=1S/C18H40O2Si/c1-14(2)13-16(15(3)11-12-18(7,8)19)20-21(9,10)17(4,5)6/h14-16,19H,11-13H2,1-10H3/t15-,16-/m0/s1. The summed E-state index contributed by atoms with van der Waals surface area (Å²) in [7, 11) is -1.74. The van der Waals surface area contributed by atoms with E-state index < -0.39 is 13.9 Å². The van der Waals surface area contributed by atoms with Gasteiger partial charge in [0.1, 0.15) is 0 Å². The summed E-state index contributed by atoms with van der Waals surface area (Å²) in [6.45, 7) is 22.2. The lowest BCUT2D eigenvalue weighted by Crippen LogP contribution is -2.46. The minimum absolute atomic E-state index is 0.248. The molecule has 0 radical (unpaired) electrons. The highest BCUT2D eigenvalue weighted by Gasteiger charge is 2.40. The summed E-state index contributed by atoms with van der Waals surface area (Å²) in [4.78, 5) is 0. The van der Waals surface area contributed by atoms with Crippen molar-refractivity contribution in [2.45, 2.75) is 104 Å². The van der Waals surface area contributed by atoms with Crippen molar-refractivity contribution in [3.8, 4) is 0 Å². The van der Waals surface area contributed by atoms with Crippen molar-refractivity contribution < 1.29 is 9.53 Å². The van der Waals surface area contributed by atoms with Crippen LogP contribution in [0.25, 0.3) is 0 Å². The third kappa shape index (κ3) is 8.37. The normalized spacial score (nSPS) is 17.1. The zero-order valence-electron chi connectivity index (χ0n) is 16.2. The van der Waals surface area contributed by atoms with E-state index in [9.17, 15) is 5.11 Å². The van der Waals surface area contributed by atoms with Gasteiger partial charge < -0.3 is 9.53 Å². The lowest BCUT2D eigenvalue weighted by molar-refractivity contribution is 0.0458. The highest BCUT2D eigenvalue weighted by Crippen LogP contribution is 2.39. The molecule has 0 spiro atoms. The number of hydrogen-bond acceptors (Lipinski definition) is 2. The third-order valence-electron chi connectivity index (χ3n) is 4.80. The fourth-order valence-electron chi connectivity index (χ4n) is 2.18. The second-order valence-corrected chi connectivity index (χ2v) is 14.1. The first-order valence-corrected chi connectivity index (χ1v) is 11.5. The van der Waals surface area contributed by atoms with E-state index in [1.165, 1.54) is 0 Å². The molecule has 0 aromatic rings. The monoisotopic (exact) mass is 316 g/mol. The molecule has 128 valence electrons. The van der Waals surface area contributed by atoms with E-state index in [0.717, 1.165) is 19.3 Å². The summed E-state index contributed by atoms with van der Waals surface area (Å²) in [5.41, 5.74) is -0.576. The molecule has 0 aromatic carbocycles. The molecule has 2 nitrogen and oxygen atoms in total. The number of hydrogen-bond donors (Lipinski definition) is 1. The van der Waals surface area contributed by atoms with Crippen molar-refractivity contribution in [1.82, 2.24) is 0 Å². The van der Waals surface area contributed by atoms with E-state index in [4.69, 9.17) is 4.43 Å². The third-order valence-corrected chi connectivity index (χ3v) is 9.31. The van der Waals surface area contributed by atoms with E-state index >= 15 is 0 Å². The van der Waals surface area contributed by atoms with Crippen LogP contribution in [-0.2, 0) is 4.43 Å². The van der Waals surface area contributed by atoms with Gasteiger partial charge in [-0.25, -0.2) is 0 Å². The predicted octanol–water partition coefficient (Wildman–Crippen LogP) is 5.61. The van der Waals surface area contributed by atoms with Crippen LogP contribution in [0.2, 0.25) is 18.1 Å². The Morgan fingerprint density at radius 1 is 1.00 bits per heavy atom. The molecule has 0 heterocycles. The van der Waals surface area contributed by atoms with Crippen LogP contribution in [0.15, 0.2) is 0 Å². The quantitative estimate of drug-likeness (QED) is 0.590. The predicted molar refractivity (Wildman–Crippen MR) is 96.2 cm³/mol. The number of rotatable bonds is 8. The van der Waals surface area contributed by atoms with Gasteiger partial charge in [-0.1, -0.05) is 41.5 Å². The van der Waals surface area contributed by atoms with Gasteiger partial charge in [-0.2, -0.15) is 0 Å². The largest absolute Gasteiger partial charge is 0.414 e. The molecule has 0 amide bonds. The smallest absolute Gasteiger partial charge is 0.192 e. The van der Waals surface area contributed by atoms with Crippen molar-refractivity contribution in [3.05, 3.63) is 0 Å². The summed E-state index contributed by atoms with van der Waals surface area (Å²) < 4.78 is 6.70. The second-order valence-electron chi connectivity index (χ2n) is 9.37. The van der Waals surface area contributed by atoms with Crippen LogP contribution < -0.4 is 0 Å². The Labute approximate surface area is 134 Å². The summed E-state index contributed by atoms with van der Waals surface area (Å²) in [6.07, 6.45) is 3.28. The van der Waals surface area contributed by atoms with E-state index in [0.29, 0.717) is 17.9 Å². The maximum Gasteiger partial charge on any atom is 0.192 e. The lowest BCUT2D eigenvalue weighted by atomic mass is 9.89. The Morgan fingerprint density at radius 3 is 1.81 bits per heavy atom. The molecule has 0 bridgehead atoms. The van der Waals surface area contributed by atoms with Gasteiger partial charge in [0.2, 0.25) is 0 Å². The summed E-state index contributed by atoms with van der Waals surface area (Å²) in [5.74, 6) is 1.14. The van der Waals surface area contributed by atoms with Crippen molar-refractivity contribution in [2.24, 2.45) is 11.8 Å². The van der Waals surface area contributed by atoms with Crippen LogP contribution in [0.1, 0.15) is 74.7 Å². The van der Waals surface area contributed by atoms with Crippen molar-refractivity contribution >= 4 is 8.32 Å². The Kier molecular flexibility index (Phi) is 7.66. The molecule has 0 aliphatic heterocycles. The molecule has 21 heavy (non-hydrogen) atoms. The van der Waals surface area contributed by atoms with Gasteiger partial charge in [0.15, 0.2) is 8.32 Å². The molecule has 0 rings (SSSR count). The van der Waals surface area contributed by atoms with Crippen molar-refractivity contribution in [1.29, 1.82) is 0 Å². The first-order valence-electron chi connectivity index (χ1n) is 8.56. The van der Waals surface area contributed by atoms with Gasteiger partial charge >= 0.3 is 0 Å². The fourth-order valence-corrected chi connectivity index (χ4v) is 3.62. The van der Waals surface area contributed by atoms with Gasteiger partial charge in [0.05, 0.1) is 5.60 Å². The van der Waals surface area contributed by atoms with Gasteiger partial charge in [0, 0.05) is 6.10 Å². The first-order chi connectivity index (χ1) is 9.16. The van der Waals surface area contributed by atoms with Gasteiger partial charge in [-0.3, -0.25) is 0 Å². The van der Waals surface area contributed by atoms with Gasteiger partial charge in [-0.05, 0) is 63.1 Å². The van der Waals surface area contributed by atoms with Crippen LogP contribution in [0.5, 0.6) is 0 Å². The summed E-state index contributed by atoms with van der Waals surface area (Å²) in [6, 6.07) is 0. The van der Waals surface area contributed by atoms with E-state index in [2.05, 4.69) is 54.6 Å². The van der Waals surface area contributed by atoms with Crippen LogP contribution in [0.4, 0.5) is 0 Å². The van der Waals surface area contributed by atoms with Crippen LogP contribution in [0.3, 0.4) is 0 Å². The average Bonchev–Trinajstić information content (AvgIpc) is 2.21. The molecule has 0 fully saturated rings. The van der Waals surface area contributed by atoms with E-state index in [-0.39, 0.29) is 5.04 Å². The molecule has 0 saturated heterocycles. The molecule has 3 heteroatoms. The molecule has 2 atom stereocenters. The maximum atomic E-state index is 9.96. The zero-order valence-corrected chi connectivity index (χ0v) is 17.2. The molecule has 0 aliphatic rings. The van der Waals surface area contributed by atoms with Crippen molar-refractivity contribution in [2.75, 3.05) is 0 Å². The Balaban J connectivity index is 4.88.